The number of aromatic amines is 1. The molecule has 0 radical (unpaired) electrons. The van der Waals surface area contributed by atoms with Crippen LogP contribution >= 0.6 is 0 Å². The molecule has 0 unspecified atom stereocenters. The monoisotopic (exact) mass is 314 g/mol. The molecule has 22 heavy (non-hydrogen) atoms. The van der Waals surface area contributed by atoms with E-state index in [-0.39, 0.29) is 5.56 Å². The average molecular weight is 314 g/mol. The van der Waals surface area contributed by atoms with E-state index in [1.165, 1.54) is 12.1 Å². The van der Waals surface area contributed by atoms with E-state index >= 15 is 0 Å². The number of hydrogen-bond donors (Lipinski definition) is 2. The lowest BCUT2D eigenvalue weighted by Crippen LogP contribution is -2.17. The molecule has 0 saturated carbocycles. The Morgan fingerprint density at radius 3 is 2.64 bits per heavy atom. The molecule has 0 aliphatic carbocycles. The molecule has 1 aliphatic heterocycles. The number of anilines is 1. The molecule has 0 bridgehead atoms. The summed E-state index contributed by atoms with van der Waals surface area (Å²) in [6.07, 6.45) is -4.66. The van der Waals surface area contributed by atoms with Crippen molar-refractivity contribution in [3.63, 3.8) is 0 Å². The molecular formula is C12H9F3N4O3. The number of alkyl halides is 3. The van der Waals surface area contributed by atoms with Gasteiger partial charge in [0.2, 0.25) is 11.8 Å². The van der Waals surface area contributed by atoms with Crippen molar-refractivity contribution in [1.82, 2.24) is 15.2 Å². The minimum absolute atomic E-state index is 0.183. The predicted molar refractivity (Wildman–Crippen MR) is 66.8 cm³/mol. The van der Waals surface area contributed by atoms with Gasteiger partial charge in [-0.25, -0.2) is 0 Å². The topological polar surface area (TPSA) is 89.1 Å². The van der Waals surface area contributed by atoms with Crippen molar-refractivity contribution >= 4 is 11.9 Å². The van der Waals surface area contributed by atoms with Gasteiger partial charge < -0.3 is 9.47 Å². The fourth-order valence-corrected chi connectivity index (χ4v) is 1.80. The zero-order valence-corrected chi connectivity index (χ0v) is 10.9. The van der Waals surface area contributed by atoms with Crippen LogP contribution < -0.4 is 14.8 Å². The Morgan fingerprint density at radius 1 is 1.23 bits per heavy atom. The lowest BCUT2D eigenvalue weighted by atomic mass is 10.2. The number of benzene rings is 1. The van der Waals surface area contributed by atoms with Crippen molar-refractivity contribution in [2.45, 2.75) is 6.18 Å². The van der Waals surface area contributed by atoms with E-state index in [1.807, 2.05) is 0 Å². The van der Waals surface area contributed by atoms with E-state index in [2.05, 4.69) is 15.4 Å². The molecule has 0 spiro atoms. The third-order valence-electron chi connectivity index (χ3n) is 2.78. The van der Waals surface area contributed by atoms with Gasteiger partial charge in [0.1, 0.15) is 13.2 Å². The average Bonchev–Trinajstić information content (AvgIpc) is 2.95. The Kier molecular flexibility index (Phi) is 3.35. The standard InChI is InChI=1S/C12H9F3N4O3/c13-12(14,15)10-17-11(19-18-10)16-9(20)6-1-2-7-8(5-6)22-4-3-21-7/h1-2,5H,3-4H2,(H2,16,17,18,19,20). The molecule has 116 valence electrons. The van der Waals surface area contributed by atoms with Gasteiger partial charge >= 0.3 is 6.18 Å². The SMILES string of the molecule is O=C(Nc1n[nH]c(C(F)(F)F)n1)c1ccc2c(c1)OCCO2. The van der Waals surface area contributed by atoms with E-state index in [0.717, 1.165) is 0 Å². The fraction of sp³-hybridized carbons (Fsp3) is 0.250. The zero-order valence-electron chi connectivity index (χ0n) is 10.9. The van der Waals surface area contributed by atoms with Crippen LogP contribution in [-0.4, -0.2) is 34.3 Å². The van der Waals surface area contributed by atoms with Gasteiger partial charge in [-0.15, -0.1) is 5.10 Å². The molecule has 0 atom stereocenters. The molecule has 0 fully saturated rings. The third kappa shape index (κ3) is 2.80. The van der Waals surface area contributed by atoms with Gasteiger partial charge in [0.25, 0.3) is 5.91 Å². The van der Waals surface area contributed by atoms with Gasteiger partial charge in [0, 0.05) is 5.56 Å². The summed E-state index contributed by atoms with van der Waals surface area (Å²) in [6.45, 7) is 0.768. The third-order valence-corrected chi connectivity index (χ3v) is 2.78. The van der Waals surface area contributed by atoms with Gasteiger partial charge in [0.15, 0.2) is 11.5 Å². The van der Waals surface area contributed by atoms with E-state index < -0.39 is 23.9 Å². The largest absolute Gasteiger partial charge is 0.486 e. The van der Waals surface area contributed by atoms with Gasteiger partial charge in [0.05, 0.1) is 0 Å². The summed E-state index contributed by atoms with van der Waals surface area (Å²) in [5, 5.41) is 7.17. The van der Waals surface area contributed by atoms with Gasteiger partial charge in [-0.05, 0) is 18.2 Å². The predicted octanol–water partition coefficient (Wildman–Crippen LogP) is 1.85. The van der Waals surface area contributed by atoms with Crippen LogP contribution in [-0.2, 0) is 6.18 Å². The summed E-state index contributed by atoms with van der Waals surface area (Å²) in [6, 6.07) is 4.43. The second-order valence-corrected chi connectivity index (χ2v) is 4.32. The first kappa shape index (κ1) is 14.2. The zero-order chi connectivity index (χ0) is 15.7. The van der Waals surface area contributed by atoms with E-state index in [0.29, 0.717) is 24.7 Å². The van der Waals surface area contributed by atoms with Crippen LogP contribution in [0.1, 0.15) is 16.2 Å². The molecule has 0 saturated heterocycles. The van der Waals surface area contributed by atoms with Crippen LogP contribution in [0.25, 0.3) is 0 Å². The number of hydrogen-bond acceptors (Lipinski definition) is 5. The van der Waals surface area contributed by atoms with Crippen LogP contribution in [0.3, 0.4) is 0 Å². The Morgan fingerprint density at radius 2 is 1.95 bits per heavy atom. The van der Waals surface area contributed by atoms with Crippen molar-refractivity contribution in [3.8, 4) is 11.5 Å². The fourth-order valence-electron chi connectivity index (χ4n) is 1.80. The number of H-pyrrole nitrogens is 1. The van der Waals surface area contributed by atoms with Crippen molar-refractivity contribution < 1.29 is 27.4 Å². The van der Waals surface area contributed by atoms with Crippen molar-refractivity contribution in [3.05, 3.63) is 29.6 Å². The highest BCUT2D eigenvalue weighted by atomic mass is 19.4. The summed E-state index contributed by atoms with van der Waals surface area (Å²) in [4.78, 5) is 15.1. The summed E-state index contributed by atoms with van der Waals surface area (Å²) < 4.78 is 47.7. The number of nitrogens with zero attached hydrogens (tertiary/aromatic N) is 2. The molecular weight excluding hydrogens is 305 g/mol. The first-order valence-corrected chi connectivity index (χ1v) is 6.14. The molecule has 2 N–H and O–H groups in total. The van der Waals surface area contributed by atoms with Crippen LogP contribution in [0, 0.1) is 0 Å². The maximum Gasteiger partial charge on any atom is 0.451 e. The van der Waals surface area contributed by atoms with Gasteiger partial charge in [-0.2, -0.15) is 18.2 Å². The first-order chi connectivity index (χ1) is 10.4. The van der Waals surface area contributed by atoms with Crippen molar-refractivity contribution in [2.24, 2.45) is 0 Å². The van der Waals surface area contributed by atoms with E-state index in [4.69, 9.17) is 9.47 Å². The smallest absolute Gasteiger partial charge is 0.451 e. The molecule has 10 heteroatoms. The molecule has 3 rings (SSSR count). The van der Waals surface area contributed by atoms with Crippen LogP contribution in [0.2, 0.25) is 0 Å². The summed E-state index contributed by atoms with van der Waals surface area (Å²) in [7, 11) is 0. The molecule has 2 aromatic rings. The highest BCUT2D eigenvalue weighted by Gasteiger charge is 2.35. The highest BCUT2D eigenvalue weighted by molar-refractivity contribution is 6.03. The summed E-state index contributed by atoms with van der Waals surface area (Å²) in [5.74, 6) is -1.52. The quantitative estimate of drug-likeness (QED) is 0.883. The number of rotatable bonds is 2. The molecule has 2 heterocycles. The number of carbonyl (C=O) groups excluding carboxylic acids is 1. The Bertz CT molecular complexity index is 714. The normalized spacial score (nSPS) is 13.8. The number of aromatic nitrogens is 3. The second kappa shape index (κ2) is 5.20. The Balaban J connectivity index is 1.76. The minimum Gasteiger partial charge on any atom is -0.486 e. The van der Waals surface area contributed by atoms with Crippen molar-refractivity contribution in [2.75, 3.05) is 18.5 Å². The lowest BCUT2D eigenvalue weighted by molar-refractivity contribution is -0.144. The summed E-state index contributed by atoms with van der Waals surface area (Å²) >= 11 is 0. The maximum absolute atomic E-state index is 12.4. The number of ether oxygens (including phenoxy) is 2. The molecule has 1 aromatic carbocycles. The van der Waals surface area contributed by atoms with E-state index in [9.17, 15) is 18.0 Å². The van der Waals surface area contributed by atoms with Gasteiger partial charge in [-0.3, -0.25) is 15.2 Å². The molecule has 1 aromatic heterocycles. The second-order valence-electron chi connectivity index (χ2n) is 4.32. The number of amides is 1. The molecule has 1 aliphatic rings. The molecule has 1 amide bonds. The number of carbonyl (C=O) groups is 1. The first-order valence-electron chi connectivity index (χ1n) is 6.14. The maximum atomic E-state index is 12.4. The molecule has 7 nitrogen and oxygen atoms in total. The van der Waals surface area contributed by atoms with Crippen molar-refractivity contribution in [1.29, 1.82) is 0 Å². The summed E-state index contributed by atoms with van der Waals surface area (Å²) in [5.41, 5.74) is 0.183. The van der Waals surface area contributed by atoms with Crippen LogP contribution in [0.4, 0.5) is 19.1 Å². The van der Waals surface area contributed by atoms with Gasteiger partial charge in [-0.1, -0.05) is 0 Å². The Labute approximate surface area is 121 Å². The number of nitrogens with one attached hydrogen (secondary N) is 2. The number of halogens is 3. The highest BCUT2D eigenvalue weighted by Crippen LogP contribution is 2.31. The number of fused-ring (bicyclic) bond motifs is 1. The van der Waals surface area contributed by atoms with Crippen LogP contribution in [0.5, 0.6) is 11.5 Å². The minimum atomic E-state index is -4.66. The lowest BCUT2D eigenvalue weighted by Gasteiger charge is -2.18. The van der Waals surface area contributed by atoms with E-state index in [1.54, 1.807) is 11.2 Å². The van der Waals surface area contributed by atoms with Crippen LogP contribution in [0.15, 0.2) is 18.2 Å². The Hall–Kier alpha value is -2.78.